The zero-order chi connectivity index (χ0) is 21.5. The monoisotopic (exact) mass is 442 g/mol. The van der Waals surface area contributed by atoms with Crippen molar-refractivity contribution in [2.45, 2.75) is 46.1 Å². The van der Waals surface area contributed by atoms with Crippen LogP contribution >= 0.6 is 22.7 Å². The first-order valence-electron chi connectivity index (χ1n) is 9.97. The Balaban J connectivity index is 1.49. The molecule has 6 nitrogen and oxygen atoms in total. The molecule has 0 fully saturated rings. The fourth-order valence-corrected chi connectivity index (χ4v) is 4.36. The van der Waals surface area contributed by atoms with Gasteiger partial charge in [-0.25, -0.2) is 9.97 Å². The molecule has 8 heteroatoms. The van der Waals surface area contributed by atoms with E-state index < -0.39 is 0 Å². The number of thiazole rings is 2. The number of carbonyl (C=O) groups is 2. The van der Waals surface area contributed by atoms with Crippen LogP contribution in [0.2, 0.25) is 0 Å². The van der Waals surface area contributed by atoms with Gasteiger partial charge in [-0.3, -0.25) is 9.59 Å². The number of hydrogen-bond acceptors (Lipinski definition) is 6. The number of carbonyl (C=O) groups excluding carboxylic acids is 2. The van der Waals surface area contributed by atoms with Gasteiger partial charge < -0.3 is 10.2 Å². The van der Waals surface area contributed by atoms with Crippen LogP contribution < -0.4 is 10.2 Å². The topological polar surface area (TPSA) is 75.2 Å². The summed E-state index contributed by atoms with van der Waals surface area (Å²) in [7, 11) is 1.77. The summed E-state index contributed by atoms with van der Waals surface area (Å²) in [6.45, 7) is 4.56. The summed E-state index contributed by atoms with van der Waals surface area (Å²) < 4.78 is 0. The molecule has 1 aromatic carbocycles. The Kier molecular flexibility index (Phi) is 7.70. The molecule has 3 rings (SSSR count). The van der Waals surface area contributed by atoms with Crippen molar-refractivity contribution >= 4 is 40.2 Å². The Bertz CT molecular complexity index is 995. The molecular formula is C22H26N4O2S2. The summed E-state index contributed by atoms with van der Waals surface area (Å²) in [4.78, 5) is 35.2. The minimum atomic E-state index is -0.0472. The van der Waals surface area contributed by atoms with Crippen LogP contribution in [0.15, 0.2) is 35.0 Å². The van der Waals surface area contributed by atoms with Crippen molar-refractivity contribution in [3.8, 4) is 0 Å². The molecule has 0 spiro atoms. The Morgan fingerprint density at radius 1 is 0.933 bits per heavy atom. The van der Waals surface area contributed by atoms with Crippen molar-refractivity contribution in [3.05, 3.63) is 62.0 Å². The van der Waals surface area contributed by atoms with Crippen molar-refractivity contribution in [3.63, 3.8) is 0 Å². The summed E-state index contributed by atoms with van der Waals surface area (Å²) in [5.74, 6) is -0.0484. The molecule has 1 N–H and O–H groups in total. The second-order valence-electron chi connectivity index (χ2n) is 6.92. The smallest absolute Gasteiger partial charge is 0.232 e. The SMILES string of the molecule is CCc1nc(CC(=O)NCc2ccc(N(C)C(=O)Cc3csc(CC)n3)cc2)cs1. The highest BCUT2D eigenvalue weighted by atomic mass is 32.1. The summed E-state index contributed by atoms with van der Waals surface area (Å²) in [6.07, 6.45) is 2.36. The molecule has 30 heavy (non-hydrogen) atoms. The van der Waals surface area contributed by atoms with E-state index in [1.54, 1.807) is 34.6 Å². The molecule has 158 valence electrons. The van der Waals surface area contributed by atoms with E-state index in [1.165, 1.54) is 0 Å². The lowest BCUT2D eigenvalue weighted by Gasteiger charge is -2.17. The predicted molar refractivity (Wildman–Crippen MR) is 122 cm³/mol. The standard InChI is InChI=1S/C22H26N4O2S2/c1-4-20-24-16(13-29-20)10-19(27)23-12-15-6-8-18(9-7-15)26(3)22(28)11-17-14-30-21(5-2)25-17/h6-9,13-14H,4-5,10-12H2,1-3H3,(H,23,27). The van der Waals surface area contributed by atoms with Crippen molar-refractivity contribution in [2.75, 3.05) is 11.9 Å². The normalized spacial score (nSPS) is 10.8. The zero-order valence-electron chi connectivity index (χ0n) is 17.5. The van der Waals surface area contributed by atoms with E-state index in [2.05, 4.69) is 29.1 Å². The molecule has 0 unspecified atom stereocenters. The second kappa shape index (κ2) is 10.4. The van der Waals surface area contributed by atoms with E-state index in [4.69, 9.17) is 0 Å². The van der Waals surface area contributed by atoms with Crippen LogP contribution in [0.5, 0.6) is 0 Å². The number of benzene rings is 1. The van der Waals surface area contributed by atoms with E-state index in [9.17, 15) is 9.59 Å². The molecule has 2 amide bonds. The minimum absolute atomic E-state index is 0.00119. The van der Waals surface area contributed by atoms with Gasteiger partial charge in [-0.2, -0.15) is 0 Å². The summed E-state index contributed by atoms with van der Waals surface area (Å²) >= 11 is 3.18. The average Bonchev–Trinajstić information content (AvgIpc) is 3.41. The Morgan fingerprint density at radius 3 is 2.03 bits per heavy atom. The highest BCUT2D eigenvalue weighted by Gasteiger charge is 2.14. The predicted octanol–water partition coefficient (Wildman–Crippen LogP) is 3.79. The third kappa shape index (κ3) is 5.96. The van der Waals surface area contributed by atoms with Gasteiger partial charge in [0.15, 0.2) is 0 Å². The third-order valence-corrected chi connectivity index (χ3v) is 6.75. The van der Waals surface area contributed by atoms with E-state index >= 15 is 0 Å². The number of amides is 2. The van der Waals surface area contributed by atoms with E-state index in [0.29, 0.717) is 19.4 Å². The number of nitrogens with zero attached hydrogens (tertiary/aromatic N) is 3. The van der Waals surface area contributed by atoms with Gasteiger partial charge in [0.1, 0.15) is 0 Å². The zero-order valence-corrected chi connectivity index (χ0v) is 19.1. The Labute approximate surface area is 185 Å². The van der Waals surface area contributed by atoms with Gasteiger partial charge in [-0.05, 0) is 30.5 Å². The van der Waals surface area contributed by atoms with E-state index in [1.807, 2.05) is 35.0 Å². The minimum Gasteiger partial charge on any atom is -0.352 e. The van der Waals surface area contributed by atoms with Crippen LogP contribution in [0.1, 0.15) is 40.8 Å². The first-order valence-corrected chi connectivity index (χ1v) is 11.7. The number of aryl methyl sites for hydroxylation is 2. The maximum Gasteiger partial charge on any atom is 0.232 e. The van der Waals surface area contributed by atoms with Crippen LogP contribution in [0.25, 0.3) is 0 Å². The molecule has 0 aliphatic rings. The fourth-order valence-electron chi connectivity index (χ4n) is 2.87. The lowest BCUT2D eigenvalue weighted by molar-refractivity contribution is -0.120. The van der Waals surface area contributed by atoms with E-state index in [-0.39, 0.29) is 11.8 Å². The van der Waals surface area contributed by atoms with Gasteiger partial charge in [0.25, 0.3) is 0 Å². The van der Waals surface area contributed by atoms with Crippen molar-refractivity contribution in [1.29, 1.82) is 0 Å². The third-order valence-electron chi connectivity index (χ3n) is 4.66. The highest BCUT2D eigenvalue weighted by molar-refractivity contribution is 7.09. The summed E-state index contributed by atoms with van der Waals surface area (Å²) in [5.41, 5.74) is 3.43. The summed E-state index contributed by atoms with van der Waals surface area (Å²) in [6, 6.07) is 7.64. The molecule has 0 atom stereocenters. The quantitative estimate of drug-likeness (QED) is 0.547. The second-order valence-corrected chi connectivity index (χ2v) is 8.81. The Morgan fingerprint density at radius 2 is 1.50 bits per heavy atom. The molecule has 0 radical (unpaired) electrons. The molecule has 0 saturated carbocycles. The lowest BCUT2D eigenvalue weighted by Crippen LogP contribution is -2.28. The van der Waals surface area contributed by atoms with Gasteiger partial charge in [0.05, 0.1) is 34.2 Å². The maximum absolute atomic E-state index is 12.5. The van der Waals surface area contributed by atoms with Crippen LogP contribution in [0.3, 0.4) is 0 Å². The van der Waals surface area contributed by atoms with Crippen LogP contribution in [0.4, 0.5) is 5.69 Å². The number of hydrogen-bond donors (Lipinski definition) is 1. The van der Waals surface area contributed by atoms with Gasteiger partial charge in [-0.1, -0.05) is 26.0 Å². The molecule has 3 aromatic rings. The number of aromatic nitrogens is 2. The summed E-state index contributed by atoms with van der Waals surface area (Å²) in [5, 5.41) is 8.91. The molecule has 0 saturated heterocycles. The molecule has 2 heterocycles. The number of nitrogens with one attached hydrogen (secondary N) is 1. The van der Waals surface area contributed by atoms with E-state index in [0.717, 1.165) is 45.5 Å². The first-order chi connectivity index (χ1) is 14.5. The average molecular weight is 443 g/mol. The van der Waals surface area contributed by atoms with Gasteiger partial charge >= 0.3 is 0 Å². The lowest BCUT2D eigenvalue weighted by atomic mass is 10.2. The number of likely N-dealkylation sites (N-methyl/N-ethyl adjacent to an activating group) is 1. The molecule has 0 bridgehead atoms. The maximum atomic E-state index is 12.5. The first kappa shape index (κ1) is 22.1. The van der Waals surface area contributed by atoms with Crippen LogP contribution in [-0.4, -0.2) is 28.8 Å². The largest absolute Gasteiger partial charge is 0.352 e. The molecule has 0 aliphatic carbocycles. The number of anilines is 1. The molecule has 0 aliphatic heterocycles. The van der Waals surface area contributed by atoms with Crippen molar-refractivity contribution < 1.29 is 9.59 Å². The van der Waals surface area contributed by atoms with Crippen molar-refractivity contribution in [2.24, 2.45) is 0 Å². The molecular weight excluding hydrogens is 416 g/mol. The highest BCUT2D eigenvalue weighted by Crippen LogP contribution is 2.17. The van der Waals surface area contributed by atoms with Gasteiger partial charge in [0, 0.05) is 30.0 Å². The molecule has 2 aromatic heterocycles. The Hall–Kier alpha value is -2.58. The van der Waals surface area contributed by atoms with Crippen molar-refractivity contribution in [1.82, 2.24) is 15.3 Å². The fraction of sp³-hybridized carbons (Fsp3) is 0.364. The number of rotatable bonds is 9. The van der Waals surface area contributed by atoms with Crippen LogP contribution in [-0.2, 0) is 41.8 Å². The van der Waals surface area contributed by atoms with Gasteiger partial charge in [0.2, 0.25) is 11.8 Å². The van der Waals surface area contributed by atoms with Gasteiger partial charge in [-0.15, -0.1) is 22.7 Å². The van der Waals surface area contributed by atoms with Crippen LogP contribution in [0, 0.1) is 0 Å².